The van der Waals surface area contributed by atoms with E-state index in [0.29, 0.717) is 17.8 Å². The lowest BCUT2D eigenvalue weighted by Gasteiger charge is -2.32. The van der Waals surface area contributed by atoms with Crippen molar-refractivity contribution in [2.24, 2.45) is 11.8 Å². The third-order valence-corrected chi connectivity index (χ3v) is 4.63. The van der Waals surface area contributed by atoms with Crippen molar-refractivity contribution in [1.82, 2.24) is 10.3 Å². The summed E-state index contributed by atoms with van der Waals surface area (Å²) in [5.74, 6) is 0.410. The number of aldehydes is 1. The molecule has 1 aliphatic rings. The van der Waals surface area contributed by atoms with Crippen LogP contribution in [-0.2, 0) is 9.53 Å². The Labute approximate surface area is 160 Å². The van der Waals surface area contributed by atoms with Crippen LogP contribution in [0.1, 0.15) is 63.7 Å². The van der Waals surface area contributed by atoms with Crippen LogP contribution < -0.4 is 10.6 Å². The lowest BCUT2D eigenvalue weighted by molar-refractivity contribution is -0.128. The van der Waals surface area contributed by atoms with E-state index in [1.165, 1.54) is 12.3 Å². The average Bonchev–Trinajstić information content (AvgIpc) is 2.59. The minimum atomic E-state index is -0.901. The van der Waals surface area contributed by atoms with Gasteiger partial charge < -0.3 is 15.4 Å². The average molecular weight is 375 g/mol. The number of hydrogen-bond acceptors (Lipinski definition) is 5. The number of anilines is 1. The molecule has 7 nitrogen and oxygen atoms in total. The van der Waals surface area contributed by atoms with Crippen LogP contribution in [0.25, 0.3) is 0 Å². The summed E-state index contributed by atoms with van der Waals surface area (Å²) in [6.45, 7) is 7.73. The largest absolute Gasteiger partial charge is 0.436 e. The summed E-state index contributed by atoms with van der Waals surface area (Å²) in [7, 11) is 0. The number of nitrogens with zero attached hydrogens (tertiary/aromatic N) is 1. The number of ether oxygens (including phenoxy) is 1. The zero-order valence-electron chi connectivity index (χ0n) is 16.5. The number of pyridine rings is 1. The summed E-state index contributed by atoms with van der Waals surface area (Å²) in [6.07, 6.45) is 4.26. The molecular formula is C20H29N3O4. The SMILES string of the molecule is CC1CCC(C(OC(=O)NC(C)(C)C)C(=O)Nc2cc(C=O)ccn2)CC1. The van der Waals surface area contributed by atoms with Crippen LogP contribution in [0.3, 0.4) is 0 Å². The van der Waals surface area contributed by atoms with E-state index in [0.717, 1.165) is 25.7 Å². The summed E-state index contributed by atoms with van der Waals surface area (Å²) in [6, 6.07) is 3.04. The van der Waals surface area contributed by atoms with Gasteiger partial charge in [-0.15, -0.1) is 0 Å². The van der Waals surface area contributed by atoms with E-state index >= 15 is 0 Å². The minimum absolute atomic E-state index is 0.0406. The second kappa shape index (κ2) is 8.97. The Hall–Kier alpha value is -2.44. The first-order valence-electron chi connectivity index (χ1n) is 9.39. The van der Waals surface area contributed by atoms with Crippen LogP contribution in [0, 0.1) is 11.8 Å². The van der Waals surface area contributed by atoms with Gasteiger partial charge in [-0.05, 0) is 51.7 Å². The molecule has 7 heteroatoms. The number of alkyl carbamates (subject to hydrolysis) is 1. The van der Waals surface area contributed by atoms with E-state index in [1.807, 2.05) is 20.8 Å². The molecule has 1 saturated carbocycles. The van der Waals surface area contributed by atoms with Crippen molar-refractivity contribution < 1.29 is 19.1 Å². The van der Waals surface area contributed by atoms with Crippen molar-refractivity contribution in [3.05, 3.63) is 23.9 Å². The molecule has 1 aliphatic carbocycles. The van der Waals surface area contributed by atoms with Crippen molar-refractivity contribution in [1.29, 1.82) is 0 Å². The monoisotopic (exact) mass is 375 g/mol. The second-order valence-electron chi connectivity index (χ2n) is 8.30. The Morgan fingerprint density at radius 1 is 1.26 bits per heavy atom. The van der Waals surface area contributed by atoms with E-state index in [1.54, 1.807) is 6.07 Å². The number of carbonyl (C=O) groups excluding carboxylic acids is 3. The molecule has 1 aromatic rings. The Morgan fingerprint density at radius 3 is 2.52 bits per heavy atom. The first-order valence-corrected chi connectivity index (χ1v) is 9.39. The normalized spacial score (nSPS) is 21.0. The predicted molar refractivity (Wildman–Crippen MR) is 103 cm³/mol. The molecule has 1 fully saturated rings. The molecule has 0 aliphatic heterocycles. The van der Waals surface area contributed by atoms with Crippen LogP contribution in [0.4, 0.5) is 10.6 Å². The van der Waals surface area contributed by atoms with Crippen LogP contribution in [0.5, 0.6) is 0 Å². The molecular weight excluding hydrogens is 346 g/mol. The fourth-order valence-electron chi connectivity index (χ4n) is 3.19. The summed E-state index contributed by atoms with van der Waals surface area (Å²) in [5, 5.41) is 5.41. The highest BCUT2D eigenvalue weighted by Gasteiger charge is 2.35. The molecule has 2 amide bonds. The third kappa shape index (κ3) is 6.66. The van der Waals surface area contributed by atoms with E-state index in [4.69, 9.17) is 4.74 Å². The molecule has 1 atom stereocenters. The lowest BCUT2D eigenvalue weighted by atomic mass is 9.80. The van der Waals surface area contributed by atoms with E-state index in [-0.39, 0.29) is 11.7 Å². The molecule has 2 N–H and O–H groups in total. The van der Waals surface area contributed by atoms with Gasteiger partial charge in [-0.2, -0.15) is 0 Å². The van der Waals surface area contributed by atoms with Crippen molar-refractivity contribution in [3.63, 3.8) is 0 Å². The maximum Gasteiger partial charge on any atom is 0.408 e. The molecule has 0 radical (unpaired) electrons. The molecule has 148 valence electrons. The highest BCUT2D eigenvalue weighted by molar-refractivity contribution is 5.95. The van der Waals surface area contributed by atoms with Gasteiger partial charge in [-0.1, -0.05) is 19.8 Å². The van der Waals surface area contributed by atoms with Crippen molar-refractivity contribution in [2.75, 3.05) is 5.32 Å². The van der Waals surface area contributed by atoms with Crippen LogP contribution in [0.15, 0.2) is 18.3 Å². The highest BCUT2D eigenvalue weighted by Crippen LogP contribution is 2.32. The van der Waals surface area contributed by atoms with Gasteiger partial charge in [0.1, 0.15) is 12.1 Å². The molecule has 0 aromatic carbocycles. The van der Waals surface area contributed by atoms with Gasteiger partial charge in [0.05, 0.1) is 0 Å². The Kier molecular flexibility index (Phi) is 6.93. The zero-order chi connectivity index (χ0) is 20.0. The molecule has 27 heavy (non-hydrogen) atoms. The van der Waals surface area contributed by atoms with Gasteiger partial charge in [0.25, 0.3) is 5.91 Å². The summed E-state index contributed by atoms with van der Waals surface area (Å²) < 4.78 is 5.53. The van der Waals surface area contributed by atoms with Gasteiger partial charge in [0.2, 0.25) is 0 Å². The van der Waals surface area contributed by atoms with Gasteiger partial charge in [0, 0.05) is 23.2 Å². The molecule has 2 rings (SSSR count). The number of carbonyl (C=O) groups is 3. The number of amides is 2. The van der Waals surface area contributed by atoms with Crippen LogP contribution >= 0.6 is 0 Å². The number of nitrogens with one attached hydrogen (secondary N) is 2. The van der Waals surface area contributed by atoms with Crippen molar-refractivity contribution >= 4 is 24.1 Å². The van der Waals surface area contributed by atoms with E-state index in [2.05, 4.69) is 22.5 Å². The van der Waals surface area contributed by atoms with E-state index in [9.17, 15) is 14.4 Å². The molecule has 1 heterocycles. The quantitative estimate of drug-likeness (QED) is 0.767. The van der Waals surface area contributed by atoms with Crippen molar-refractivity contribution in [3.8, 4) is 0 Å². The first-order chi connectivity index (χ1) is 12.7. The lowest BCUT2D eigenvalue weighted by Crippen LogP contribution is -2.47. The minimum Gasteiger partial charge on any atom is -0.436 e. The molecule has 1 aromatic heterocycles. The Balaban J connectivity index is 2.13. The topological polar surface area (TPSA) is 97.4 Å². The maximum absolute atomic E-state index is 12.8. The summed E-state index contributed by atoms with van der Waals surface area (Å²) >= 11 is 0. The number of hydrogen-bond donors (Lipinski definition) is 2. The van der Waals surface area contributed by atoms with Crippen LogP contribution in [0.2, 0.25) is 0 Å². The summed E-state index contributed by atoms with van der Waals surface area (Å²) in [5.41, 5.74) is -0.0475. The Morgan fingerprint density at radius 2 is 1.93 bits per heavy atom. The Bertz CT molecular complexity index is 676. The molecule has 1 unspecified atom stereocenters. The van der Waals surface area contributed by atoms with E-state index < -0.39 is 23.6 Å². The van der Waals surface area contributed by atoms with Gasteiger partial charge in [-0.3, -0.25) is 9.59 Å². The van der Waals surface area contributed by atoms with Gasteiger partial charge in [0.15, 0.2) is 6.10 Å². The predicted octanol–water partition coefficient (Wildman–Crippen LogP) is 3.55. The number of aromatic nitrogens is 1. The third-order valence-electron chi connectivity index (χ3n) is 4.63. The smallest absolute Gasteiger partial charge is 0.408 e. The van der Waals surface area contributed by atoms with Gasteiger partial charge >= 0.3 is 6.09 Å². The van der Waals surface area contributed by atoms with Crippen LogP contribution in [-0.4, -0.2) is 34.9 Å². The number of rotatable bonds is 5. The fraction of sp³-hybridized carbons (Fsp3) is 0.600. The fourth-order valence-corrected chi connectivity index (χ4v) is 3.19. The van der Waals surface area contributed by atoms with Gasteiger partial charge in [-0.25, -0.2) is 9.78 Å². The maximum atomic E-state index is 12.8. The highest BCUT2D eigenvalue weighted by atomic mass is 16.6. The zero-order valence-corrected chi connectivity index (χ0v) is 16.5. The molecule has 0 bridgehead atoms. The standard InChI is InChI=1S/C20H29N3O4/c1-13-5-7-15(8-6-13)17(27-19(26)23-20(2,3)4)18(25)22-16-11-14(12-24)9-10-21-16/h9-13,15,17H,5-8H2,1-4H3,(H,23,26)(H,21,22,25). The molecule has 0 spiro atoms. The first kappa shape index (κ1) is 20.9. The molecule has 0 saturated heterocycles. The summed E-state index contributed by atoms with van der Waals surface area (Å²) in [4.78, 5) is 40.1. The van der Waals surface area contributed by atoms with Crippen molar-refractivity contribution in [2.45, 2.75) is 65.0 Å². The second-order valence-corrected chi connectivity index (χ2v) is 8.30.